The predicted octanol–water partition coefficient (Wildman–Crippen LogP) is 0.794. The topological polar surface area (TPSA) is 72.1 Å². The van der Waals surface area contributed by atoms with Gasteiger partial charge in [-0.25, -0.2) is 0 Å². The van der Waals surface area contributed by atoms with E-state index in [1.807, 2.05) is 37.8 Å². The summed E-state index contributed by atoms with van der Waals surface area (Å²) in [4.78, 5) is 13.7. The van der Waals surface area contributed by atoms with E-state index < -0.39 is 0 Å². The minimum atomic E-state index is -0.193. The van der Waals surface area contributed by atoms with Gasteiger partial charge < -0.3 is 10.6 Å². The van der Waals surface area contributed by atoms with E-state index in [1.165, 1.54) is 0 Å². The third-order valence-corrected chi connectivity index (χ3v) is 3.08. The van der Waals surface area contributed by atoms with Crippen molar-refractivity contribution in [1.82, 2.24) is 15.1 Å². The minimum Gasteiger partial charge on any atom is -0.330 e. The summed E-state index contributed by atoms with van der Waals surface area (Å²) < 4.78 is 0. The van der Waals surface area contributed by atoms with Gasteiger partial charge in [0.15, 0.2) is 0 Å². The summed E-state index contributed by atoms with van der Waals surface area (Å²) >= 11 is 0. The molecule has 1 fully saturated rings. The Hall–Kier alpha value is -1.49. The van der Waals surface area contributed by atoms with Crippen molar-refractivity contribution in [2.24, 2.45) is 5.73 Å². The molecule has 0 spiro atoms. The number of carbonyl (C=O) groups is 1. The van der Waals surface area contributed by atoms with Crippen LogP contribution >= 0.6 is 0 Å². The molecule has 1 aromatic heterocycles. The maximum Gasteiger partial charge on any atom is 0.225 e. The maximum atomic E-state index is 11.9. The van der Waals surface area contributed by atoms with Crippen LogP contribution in [0.15, 0.2) is 12.1 Å². The van der Waals surface area contributed by atoms with Gasteiger partial charge >= 0.3 is 0 Å². The molecule has 1 aromatic rings. The molecule has 5 heteroatoms. The molecule has 0 saturated carbocycles. The second-order valence-electron chi connectivity index (χ2n) is 4.81. The van der Waals surface area contributed by atoms with E-state index >= 15 is 0 Å². The highest BCUT2D eigenvalue weighted by Crippen LogP contribution is 2.32. The van der Waals surface area contributed by atoms with Gasteiger partial charge in [-0.1, -0.05) is 0 Å². The molecule has 2 atom stereocenters. The first-order chi connectivity index (χ1) is 8.00. The Bertz CT molecular complexity index is 415. The monoisotopic (exact) mass is 234 g/mol. The number of hydrogen-bond donors (Lipinski definition) is 1. The molecule has 0 aliphatic carbocycles. The number of rotatable bonds is 2. The van der Waals surface area contributed by atoms with E-state index in [0.717, 1.165) is 11.4 Å². The molecule has 92 valence electrons. The summed E-state index contributed by atoms with van der Waals surface area (Å²) in [6.45, 7) is 5.87. The quantitative estimate of drug-likeness (QED) is 0.821. The summed E-state index contributed by atoms with van der Waals surface area (Å²) in [5, 5.41) is 8.19. The van der Waals surface area contributed by atoms with Crippen molar-refractivity contribution in [3.05, 3.63) is 23.5 Å². The lowest BCUT2D eigenvalue weighted by Crippen LogP contribution is -2.38. The van der Waals surface area contributed by atoms with Gasteiger partial charge in [-0.15, -0.1) is 0 Å². The molecule has 2 rings (SSSR count). The highest BCUT2D eigenvalue weighted by atomic mass is 16.2. The molecule has 5 nitrogen and oxygen atoms in total. The zero-order chi connectivity index (χ0) is 12.6. The number of carbonyl (C=O) groups excluding carboxylic acids is 1. The van der Waals surface area contributed by atoms with Crippen molar-refractivity contribution in [2.45, 2.75) is 45.3 Å². The fourth-order valence-electron chi connectivity index (χ4n) is 2.32. The summed E-state index contributed by atoms with van der Waals surface area (Å²) in [5.41, 5.74) is 7.68. The van der Waals surface area contributed by atoms with Gasteiger partial charge in [0.25, 0.3) is 0 Å². The third-order valence-electron chi connectivity index (χ3n) is 3.08. The van der Waals surface area contributed by atoms with Gasteiger partial charge in [0.1, 0.15) is 0 Å². The lowest BCUT2D eigenvalue weighted by atomic mass is 10.1. The fourth-order valence-corrected chi connectivity index (χ4v) is 2.32. The lowest BCUT2D eigenvalue weighted by molar-refractivity contribution is -0.130. The number of hydrogen-bond acceptors (Lipinski definition) is 4. The number of likely N-dealkylation sites (tertiary alicyclic amines) is 1. The third kappa shape index (κ3) is 2.15. The summed E-state index contributed by atoms with van der Waals surface area (Å²) in [6.07, 6.45) is 0.387. The van der Waals surface area contributed by atoms with Crippen molar-refractivity contribution >= 4 is 5.91 Å². The molecule has 0 aromatic carbocycles. The van der Waals surface area contributed by atoms with E-state index in [1.54, 1.807) is 0 Å². The van der Waals surface area contributed by atoms with Gasteiger partial charge in [-0.3, -0.25) is 4.79 Å². The first-order valence-corrected chi connectivity index (χ1v) is 5.87. The molecule has 0 radical (unpaired) electrons. The molecule has 1 amide bonds. The molecule has 2 N–H and O–H groups in total. The molecule has 0 unspecified atom stereocenters. The number of nitrogens with zero attached hydrogens (tertiary/aromatic N) is 3. The Labute approximate surface area is 101 Å². The smallest absolute Gasteiger partial charge is 0.225 e. The predicted molar refractivity (Wildman–Crippen MR) is 64.1 cm³/mol. The molecule has 0 bridgehead atoms. The van der Waals surface area contributed by atoms with Gasteiger partial charge in [0.2, 0.25) is 5.91 Å². The van der Waals surface area contributed by atoms with Crippen molar-refractivity contribution in [1.29, 1.82) is 0 Å². The Balaban J connectivity index is 2.34. The molecular formula is C12H18N4O. The Kier molecular flexibility index (Phi) is 3.11. The van der Waals surface area contributed by atoms with Crippen LogP contribution in [0.1, 0.15) is 37.7 Å². The molecule has 2 heterocycles. The van der Waals surface area contributed by atoms with Crippen molar-refractivity contribution in [3.8, 4) is 0 Å². The van der Waals surface area contributed by atoms with Gasteiger partial charge in [-0.2, -0.15) is 10.2 Å². The van der Waals surface area contributed by atoms with Crippen LogP contribution < -0.4 is 5.73 Å². The minimum absolute atomic E-state index is 0.0971. The van der Waals surface area contributed by atoms with Crippen LogP contribution in [0.4, 0.5) is 0 Å². The SMILES string of the molecule is Cc1ccc([C@H]2[C@H](N)CC(=O)N2C(C)C)nn1. The lowest BCUT2D eigenvalue weighted by Gasteiger charge is -2.29. The average molecular weight is 234 g/mol. The van der Waals surface area contributed by atoms with Crippen LogP contribution in [0.3, 0.4) is 0 Å². The molecule has 1 aliphatic heterocycles. The first kappa shape index (κ1) is 12.0. The molecule has 1 saturated heterocycles. The van der Waals surface area contributed by atoms with Crippen LogP contribution in [-0.4, -0.2) is 33.1 Å². The number of aromatic nitrogens is 2. The Morgan fingerprint density at radius 3 is 2.65 bits per heavy atom. The van der Waals surface area contributed by atoms with Crippen LogP contribution in [0, 0.1) is 6.92 Å². The van der Waals surface area contributed by atoms with Crippen LogP contribution in [0.2, 0.25) is 0 Å². The van der Waals surface area contributed by atoms with E-state index in [9.17, 15) is 4.79 Å². The van der Waals surface area contributed by atoms with Crippen LogP contribution in [0.5, 0.6) is 0 Å². The van der Waals surface area contributed by atoms with E-state index in [2.05, 4.69) is 10.2 Å². The summed E-state index contributed by atoms with van der Waals surface area (Å²) in [5.74, 6) is 0.0971. The highest BCUT2D eigenvalue weighted by molar-refractivity contribution is 5.80. The van der Waals surface area contributed by atoms with Crippen molar-refractivity contribution in [3.63, 3.8) is 0 Å². The number of amides is 1. The molecular weight excluding hydrogens is 216 g/mol. The average Bonchev–Trinajstić information content (AvgIpc) is 2.55. The van der Waals surface area contributed by atoms with Crippen molar-refractivity contribution in [2.75, 3.05) is 0 Å². The summed E-state index contributed by atoms with van der Waals surface area (Å²) in [7, 11) is 0. The van der Waals surface area contributed by atoms with Gasteiger partial charge in [0.05, 0.1) is 17.4 Å². The van der Waals surface area contributed by atoms with Gasteiger partial charge in [0, 0.05) is 18.5 Å². The Morgan fingerprint density at radius 1 is 1.41 bits per heavy atom. The molecule has 17 heavy (non-hydrogen) atoms. The highest BCUT2D eigenvalue weighted by Gasteiger charge is 2.40. The molecule has 1 aliphatic rings. The summed E-state index contributed by atoms with van der Waals surface area (Å²) in [6, 6.07) is 3.60. The van der Waals surface area contributed by atoms with E-state index in [4.69, 9.17) is 5.73 Å². The second kappa shape index (κ2) is 4.41. The van der Waals surface area contributed by atoms with E-state index in [-0.39, 0.29) is 24.0 Å². The van der Waals surface area contributed by atoms with Crippen molar-refractivity contribution < 1.29 is 4.79 Å². The zero-order valence-electron chi connectivity index (χ0n) is 10.4. The Morgan fingerprint density at radius 2 is 2.12 bits per heavy atom. The zero-order valence-corrected chi connectivity index (χ0v) is 10.4. The van der Waals surface area contributed by atoms with Crippen LogP contribution in [-0.2, 0) is 4.79 Å². The number of aryl methyl sites for hydroxylation is 1. The second-order valence-corrected chi connectivity index (χ2v) is 4.81. The fraction of sp³-hybridized carbons (Fsp3) is 0.583. The van der Waals surface area contributed by atoms with Gasteiger partial charge in [-0.05, 0) is 32.9 Å². The maximum absolute atomic E-state index is 11.9. The largest absolute Gasteiger partial charge is 0.330 e. The van der Waals surface area contributed by atoms with Crippen LogP contribution in [0.25, 0.3) is 0 Å². The standard InChI is InChI=1S/C12H18N4O/c1-7(2)16-11(17)6-9(13)12(16)10-5-4-8(3)14-15-10/h4-5,7,9,12H,6,13H2,1-3H3/t9-,12-/m1/s1. The van der Waals surface area contributed by atoms with E-state index in [0.29, 0.717) is 6.42 Å². The number of nitrogens with two attached hydrogens (primary N) is 1. The normalized spacial score (nSPS) is 24.8. The first-order valence-electron chi connectivity index (χ1n) is 5.87.